The maximum Gasteiger partial charge on any atom is 0.309 e. The minimum Gasteiger partial charge on any atom is -0.396 e. The smallest absolute Gasteiger partial charge is 0.309 e. The number of unbranched alkanes of at least 4 members (excludes halogenated alkanes) is 2. The summed E-state index contributed by atoms with van der Waals surface area (Å²) in [6.07, 6.45) is 7.53. The maximum absolute atomic E-state index is 11.9. The van der Waals surface area contributed by atoms with Crippen molar-refractivity contribution in [1.82, 2.24) is 10.6 Å². The fraction of sp³-hybridized carbons (Fsp3) is 0.875. The van der Waals surface area contributed by atoms with Crippen molar-refractivity contribution >= 4 is 11.8 Å². The van der Waals surface area contributed by atoms with Crippen molar-refractivity contribution in [3.05, 3.63) is 0 Å². The van der Waals surface area contributed by atoms with Crippen LogP contribution in [0.2, 0.25) is 0 Å². The van der Waals surface area contributed by atoms with E-state index in [0.717, 1.165) is 31.1 Å². The Morgan fingerprint density at radius 2 is 1.95 bits per heavy atom. The first-order valence-corrected chi connectivity index (χ1v) is 8.31. The minimum absolute atomic E-state index is 0.0907. The van der Waals surface area contributed by atoms with E-state index >= 15 is 0 Å². The average Bonchev–Trinajstić information content (AvgIpc) is 3.09. The molecule has 2 aliphatic carbocycles. The van der Waals surface area contributed by atoms with Gasteiger partial charge in [0.2, 0.25) is 0 Å². The standard InChI is InChI=1S/C16H28N2O3/c1-11(14-10-12-5-6-13(14)9-12)18-16(21)15(20)17-7-3-2-4-8-19/h11-14,19H,2-10H2,1H3,(H,17,20)(H,18,21). The molecule has 0 aliphatic heterocycles. The summed E-state index contributed by atoms with van der Waals surface area (Å²) < 4.78 is 0. The molecule has 2 fully saturated rings. The normalized spacial score (nSPS) is 28.4. The Hall–Kier alpha value is -1.10. The number of amides is 2. The quantitative estimate of drug-likeness (QED) is 0.488. The van der Waals surface area contributed by atoms with Crippen LogP contribution in [0.5, 0.6) is 0 Å². The van der Waals surface area contributed by atoms with E-state index in [1.807, 2.05) is 6.92 Å². The van der Waals surface area contributed by atoms with Crippen molar-refractivity contribution in [3.8, 4) is 0 Å². The second-order valence-electron chi connectivity index (χ2n) is 6.64. The lowest BCUT2D eigenvalue weighted by molar-refractivity contribution is -0.139. The summed E-state index contributed by atoms with van der Waals surface area (Å²) in [5.41, 5.74) is 0. The number of rotatable bonds is 7. The number of carbonyl (C=O) groups is 2. The largest absolute Gasteiger partial charge is 0.396 e. The number of aliphatic hydroxyl groups excluding tert-OH is 1. The van der Waals surface area contributed by atoms with Gasteiger partial charge in [0.25, 0.3) is 0 Å². The van der Waals surface area contributed by atoms with Crippen molar-refractivity contribution in [3.63, 3.8) is 0 Å². The fourth-order valence-electron chi connectivity index (χ4n) is 3.98. The summed E-state index contributed by atoms with van der Waals surface area (Å²) in [6.45, 7) is 2.70. The lowest BCUT2D eigenvalue weighted by atomic mass is 9.84. The molecule has 0 radical (unpaired) electrons. The molecule has 2 saturated carbocycles. The van der Waals surface area contributed by atoms with Gasteiger partial charge >= 0.3 is 11.8 Å². The van der Waals surface area contributed by atoms with Gasteiger partial charge in [-0.25, -0.2) is 0 Å². The molecule has 4 unspecified atom stereocenters. The first-order chi connectivity index (χ1) is 10.1. The summed E-state index contributed by atoms with van der Waals surface area (Å²) in [5.74, 6) is 1.10. The van der Waals surface area contributed by atoms with E-state index in [4.69, 9.17) is 5.11 Å². The summed E-state index contributed by atoms with van der Waals surface area (Å²) in [4.78, 5) is 23.6. The van der Waals surface area contributed by atoms with Crippen LogP contribution in [0.15, 0.2) is 0 Å². The molecule has 0 spiro atoms. The zero-order chi connectivity index (χ0) is 15.2. The van der Waals surface area contributed by atoms with E-state index in [1.54, 1.807) is 0 Å². The summed E-state index contributed by atoms with van der Waals surface area (Å²) in [5, 5.41) is 14.2. The third kappa shape index (κ3) is 4.43. The van der Waals surface area contributed by atoms with E-state index in [2.05, 4.69) is 10.6 Å². The Balaban J connectivity index is 1.65. The predicted molar refractivity (Wildman–Crippen MR) is 80.5 cm³/mol. The second-order valence-corrected chi connectivity index (χ2v) is 6.64. The molecule has 120 valence electrons. The van der Waals surface area contributed by atoms with Gasteiger partial charge in [0, 0.05) is 19.2 Å². The molecular formula is C16H28N2O3. The SMILES string of the molecule is CC(NC(=O)C(=O)NCCCCCO)C1CC2CCC1C2. The number of nitrogens with one attached hydrogen (secondary N) is 2. The fourth-order valence-corrected chi connectivity index (χ4v) is 3.98. The first kappa shape index (κ1) is 16.3. The summed E-state index contributed by atoms with van der Waals surface area (Å²) in [7, 11) is 0. The lowest BCUT2D eigenvalue weighted by Crippen LogP contribution is -2.47. The first-order valence-electron chi connectivity index (χ1n) is 8.31. The van der Waals surface area contributed by atoms with Gasteiger partial charge in [0.1, 0.15) is 0 Å². The molecule has 3 N–H and O–H groups in total. The molecule has 21 heavy (non-hydrogen) atoms. The highest BCUT2D eigenvalue weighted by atomic mass is 16.3. The van der Waals surface area contributed by atoms with E-state index in [9.17, 15) is 9.59 Å². The average molecular weight is 296 g/mol. The van der Waals surface area contributed by atoms with Gasteiger partial charge < -0.3 is 15.7 Å². The highest BCUT2D eigenvalue weighted by Gasteiger charge is 2.42. The van der Waals surface area contributed by atoms with E-state index in [1.165, 1.54) is 25.7 Å². The van der Waals surface area contributed by atoms with Gasteiger partial charge in [-0.15, -0.1) is 0 Å². The Kier molecular flexibility index (Phi) is 6.03. The number of fused-ring (bicyclic) bond motifs is 2. The van der Waals surface area contributed by atoms with Crippen LogP contribution in [0.3, 0.4) is 0 Å². The summed E-state index contributed by atoms with van der Waals surface area (Å²) in [6, 6.07) is 0.0907. The molecule has 0 saturated heterocycles. The molecule has 5 heteroatoms. The van der Waals surface area contributed by atoms with Gasteiger partial charge in [-0.3, -0.25) is 9.59 Å². The molecule has 2 aliphatic rings. The third-order valence-electron chi connectivity index (χ3n) is 5.12. The molecule has 0 aromatic rings. The van der Waals surface area contributed by atoms with Crippen LogP contribution in [0.1, 0.15) is 51.9 Å². The van der Waals surface area contributed by atoms with Crippen LogP contribution in [-0.2, 0) is 9.59 Å². The maximum atomic E-state index is 11.9. The Labute approximate surface area is 126 Å². The van der Waals surface area contributed by atoms with E-state index in [-0.39, 0.29) is 12.6 Å². The van der Waals surface area contributed by atoms with Crippen LogP contribution < -0.4 is 10.6 Å². The van der Waals surface area contributed by atoms with Gasteiger partial charge in [-0.1, -0.05) is 6.42 Å². The summed E-state index contributed by atoms with van der Waals surface area (Å²) >= 11 is 0. The molecule has 0 aromatic carbocycles. The minimum atomic E-state index is -0.533. The van der Waals surface area contributed by atoms with Crippen molar-refractivity contribution in [1.29, 1.82) is 0 Å². The van der Waals surface area contributed by atoms with Crippen LogP contribution >= 0.6 is 0 Å². The highest BCUT2D eigenvalue weighted by molar-refractivity contribution is 6.35. The molecule has 0 heterocycles. The number of carbonyl (C=O) groups excluding carboxylic acids is 2. The van der Waals surface area contributed by atoms with Gasteiger partial charge in [-0.2, -0.15) is 0 Å². The van der Waals surface area contributed by atoms with Crippen molar-refractivity contribution in [2.75, 3.05) is 13.2 Å². The van der Waals surface area contributed by atoms with Crippen molar-refractivity contribution in [2.24, 2.45) is 17.8 Å². The Morgan fingerprint density at radius 1 is 1.14 bits per heavy atom. The van der Waals surface area contributed by atoms with E-state index in [0.29, 0.717) is 12.5 Å². The van der Waals surface area contributed by atoms with Gasteiger partial charge in [0.15, 0.2) is 0 Å². The zero-order valence-electron chi connectivity index (χ0n) is 12.9. The topological polar surface area (TPSA) is 78.4 Å². The highest BCUT2D eigenvalue weighted by Crippen LogP contribution is 2.49. The molecule has 2 rings (SSSR count). The lowest BCUT2D eigenvalue weighted by Gasteiger charge is -2.28. The molecule has 2 bridgehead atoms. The zero-order valence-corrected chi connectivity index (χ0v) is 12.9. The molecular weight excluding hydrogens is 268 g/mol. The number of hydrogen-bond acceptors (Lipinski definition) is 3. The number of aliphatic hydroxyl groups is 1. The van der Waals surface area contributed by atoms with Crippen LogP contribution in [0.4, 0.5) is 0 Å². The number of hydrogen-bond donors (Lipinski definition) is 3. The molecule has 4 atom stereocenters. The van der Waals surface area contributed by atoms with Crippen LogP contribution in [0, 0.1) is 17.8 Å². The monoisotopic (exact) mass is 296 g/mol. The van der Waals surface area contributed by atoms with Crippen molar-refractivity contribution in [2.45, 2.75) is 57.9 Å². The molecule has 2 amide bonds. The second kappa shape index (κ2) is 7.78. The van der Waals surface area contributed by atoms with Gasteiger partial charge in [0.05, 0.1) is 0 Å². The van der Waals surface area contributed by atoms with Gasteiger partial charge in [-0.05, 0) is 63.2 Å². The van der Waals surface area contributed by atoms with Crippen LogP contribution in [0.25, 0.3) is 0 Å². The van der Waals surface area contributed by atoms with E-state index < -0.39 is 11.8 Å². The third-order valence-corrected chi connectivity index (χ3v) is 5.12. The van der Waals surface area contributed by atoms with Crippen molar-refractivity contribution < 1.29 is 14.7 Å². The molecule has 5 nitrogen and oxygen atoms in total. The Bertz CT molecular complexity index is 373. The van der Waals surface area contributed by atoms with Crippen LogP contribution in [-0.4, -0.2) is 36.1 Å². The Morgan fingerprint density at radius 3 is 2.57 bits per heavy atom. The predicted octanol–water partition coefficient (Wildman–Crippen LogP) is 1.21. The molecule has 0 aromatic heterocycles.